The predicted octanol–water partition coefficient (Wildman–Crippen LogP) is 4.29. The van der Waals surface area contributed by atoms with E-state index in [0.29, 0.717) is 36.9 Å². The van der Waals surface area contributed by atoms with Crippen LogP contribution in [0.25, 0.3) is 10.4 Å². The van der Waals surface area contributed by atoms with Crippen molar-refractivity contribution in [1.82, 2.24) is 0 Å². The van der Waals surface area contributed by atoms with Crippen molar-refractivity contribution in [2.45, 2.75) is 83.1 Å². The molecule has 5 aliphatic rings. The van der Waals surface area contributed by atoms with Gasteiger partial charge in [-0.15, -0.1) is 0 Å². The van der Waals surface area contributed by atoms with Crippen LogP contribution in [-0.2, 0) is 19.6 Å². The van der Waals surface area contributed by atoms with Crippen LogP contribution in [0.3, 0.4) is 0 Å². The first-order valence-corrected chi connectivity index (χ1v) is 11.3. The Morgan fingerprint density at radius 1 is 1.00 bits per heavy atom. The van der Waals surface area contributed by atoms with Gasteiger partial charge in [-0.1, -0.05) is 19.0 Å². The Balaban J connectivity index is 1.41. The monoisotopic (exact) mass is 407 g/mol. The Labute approximate surface area is 171 Å². The maximum absolute atomic E-state index is 10.7. The van der Waals surface area contributed by atoms with Crippen molar-refractivity contribution < 1.29 is 24.7 Å². The summed E-state index contributed by atoms with van der Waals surface area (Å²) in [6, 6.07) is -0.277. The third-order valence-corrected chi connectivity index (χ3v) is 9.57. The third-order valence-electron chi connectivity index (χ3n) is 9.57. The van der Waals surface area contributed by atoms with Gasteiger partial charge >= 0.3 is 0 Å². The van der Waals surface area contributed by atoms with Gasteiger partial charge in [0.15, 0.2) is 0 Å². The molecular formula is C21H33N3O5. The Morgan fingerprint density at radius 3 is 2.45 bits per heavy atom. The van der Waals surface area contributed by atoms with Crippen LogP contribution in [0, 0.1) is 34.5 Å². The molecule has 8 heteroatoms. The van der Waals surface area contributed by atoms with Crippen LogP contribution >= 0.6 is 0 Å². The van der Waals surface area contributed by atoms with Crippen LogP contribution in [0.2, 0.25) is 0 Å². The van der Waals surface area contributed by atoms with E-state index in [2.05, 4.69) is 23.9 Å². The molecule has 0 aromatic carbocycles. The zero-order valence-electron chi connectivity index (χ0n) is 17.5. The maximum Gasteiger partial charge on any atom is 0.239 e. The molecular weight excluding hydrogens is 374 g/mol. The lowest BCUT2D eigenvalue weighted by Crippen LogP contribution is -2.59. The van der Waals surface area contributed by atoms with E-state index >= 15 is 0 Å². The standard InChI is InChI=1S/C21H33N3O5/c1-19-12-18(25)17(23-24-22)11-13(19)3-4-14-15(19)5-7-20(2)16(14)6-8-21(20)28-26-9-10-27-29-21/h13-18,25H,3-12H2,1-2H3/t13-,14+,15-,16-,17-,18+,19-,20-/m0/s1. The van der Waals surface area contributed by atoms with Crippen LogP contribution in [0.1, 0.15) is 65.2 Å². The second-order valence-corrected chi connectivity index (χ2v) is 10.5. The minimum absolute atomic E-state index is 0.0963. The molecule has 1 saturated heterocycles. The Hall–Kier alpha value is -0.890. The molecule has 4 saturated carbocycles. The Morgan fingerprint density at radius 2 is 1.72 bits per heavy atom. The van der Waals surface area contributed by atoms with Gasteiger partial charge in [0.1, 0.15) is 13.2 Å². The molecule has 1 spiro atoms. The smallest absolute Gasteiger partial charge is 0.239 e. The quantitative estimate of drug-likeness (QED) is 0.302. The predicted molar refractivity (Wildman–Crippen MR) is 103 cm³/mol. The SMILES string of the molecule is C[C@]12C[C@@H](O)[C@@H](N=[N+]=[N-])C[C@@H]1CC[C@@H]1[C@@H]2CC[C@@]2(C)[C@H]1CCC21OOCCOO1. The molecule has 0 unspecified atom stereocenters. The van der Waals surface area contributed by atoms with Gasteiger partial charge in [0.05, 0.1) is 12.1 Å². The molecule has 1 N–H and O–H groups in total. The van der Waals surface area contributed by atoms with E-state index in [-0.39, 0.29) is 16.9 Å². The summed E-state index contributed by atoms with van der Waals surface area (Å²) in [7, 11) is 0. The minimum Gasteiger partial charge on any atom is -0.393 e. The molecule has 5 rings (SSSR count). The highest BCUT2D eigenvalue weighted by Crippen LogP contribution is 2.69. The van der Waals surface area contributed by atoms with Crippen molar-refractivity contribution in [2.24, 2.45) is 39.6 Å². The number of aliphatic hydroxyl groups is 1. The molecule has 1 heterocycles. The lowest BCUT2D eigenvalue weighted by atomic mass is 9.44. The van der Waals surface area contributed by atoms with E-state index in [9.17, 15) is 5.11 Å². The summed E-state index contributed by atoms with van der Waals surface area (Å²) < 4.78 is 0. The van der Waals surface area contributed by atoms with Crippen LogP contribution < -0.4 is 0 Å². The number of rotatable bonds is 1. The van der Waals surface area contributed by atoms with E-state index in [0.717, 1.165) is 44.9 Å². The molecule has 29 heavy (non-hydrogen) atoms. The average Bonchev–Trinajstić information content (AvgIpc) is 2.83. The molecule has 8 atom stereocenters. The van der Waals surface area contributed by atoms with Crippen molar-refractivity contribution in [1.29, 1.82) is 0 Å². The molecule has 0 radical (unpaired) electrons. The maximum atomic E-state index is 10.7. The zero-order chi connectivity index (χ0) is 20.3. The van der Waals surface area contributed by atoms with Crippen molar-refractivity contribution in [3.8, 4) is 0 Å². The number of fused-ring (bicyclic) bond motifs is 6. The highest BCUT2D eigenvalue weighted by Gasteiger charge is 2.68. The molecule has 0 amide bonds. The van der Waals surface area contributed by atoms with Gasteiger partial charge in [-0.3, -0.25) is 0 Å². The lowest BCUT2D eigenvalue weighted by Gasteiger charge is -2.61. The summed E-state index contributed by atoms with van der Waals surface area (Å²) in [5.74, 6) is 1.36. The summed E-state index contributed by atoms with van der Waals surface area (Å²) in [6.07, 6.45) is 7.26. The van der Waals surface area contributed by atoms with Crippen LogP contribution in [0.4, 0.5) is 0 Å². The first kappa shape index (κ1) is 20.0. The van der Waals surface area contributed by atoms with Crippen molar-refractivity contribution in [2.75, 3.05) is 13.2 Å². The van der Waals surface area contributed by atoms with Gasteiger partial charge < -0.3 is 5.11 Å². The van der Waals surface area contributed by atoms with Gasteiger partial charge in [-0.25, -0.2) is 9.78 Å². The number of hydrogen-bond donors (Lipinski definition) is 1. The van der Waals surface area contributed by atoms with Gasteiger partial charge in [-0.05, 0) is 79.6 Å². The first-order chi connectivity index (χ1) is 13.9. The largest absolute Gasteiger partial charge is 0.393 e. The van der Waals surface area contributed by atoms with Crippen molar-refractivity contribution in [3.63, 3.8) is 0 Å². The second-order valence-electron chi connectivity index (χ2n) is 10.5. The summed E-state index contributed by atoms with van der Waals surface area (Å²) in [4.78, 5) is 25.5. The fourth-order valence-electron chi connectivity index (χ4n) is 8.05. The molecule has 5 fully saturated rings. The molecule has 1 aliphatic heterocycles. The summed E-state index contributed by atoms with van der Waals surface area (Å²) in [6.45, 7) is 5.44. The van der Waals surface area contributed by atoms with Crippen molar-refractivity contribution >= 4 is 0 Å². The Kier molecular flexibility index (Phi) is 4.89. The number of nitrogens with zero attached hydrogens (tertiary/aromatic N) is 3. The molecule has 4 aliphatic carbocycles. The highest BCUT2D eigenvalue weighted by molar-refractivity contribution is 5.13. The van der Waals surface area contributed by atoms with Gasteiger partial charge in [0.25, 0.3) is 0 Å². The van der Waals surface area contributed by atoms with Gasteiger partial charge in [0.2, 0.25) is 5.79 Å². The topological polar surface area (TPSA) is 106 Å². The second kappa shape index (κ2) is 7.08. The molecule has 0 aromatic heterocycles. The molecule has 162 valence electrons. The lowest BCUT2D eigenvalue weighted by molar-refractivity contribution is -0.505. The van der Waals surface area contributed by atoms with E-state index in [1.54, 1.807) is 0 Å². The van der Waals surface area contributed by atoms with Crippen LogP contribution in [-0.4, -0.2) is 36.3 Å². The normalized spacial score (nSPS) is 51.3. The number of hydrogen-bond acceptors (Lipinski definition) is 6. The number of aliphatic hydroxyl groups excluding tert-OH is 1. The number of azide groups is 1. The van der Waals surface area contributed by atoms with Gasteiger partial charge in [-0.2, -0.15) is 9.78 Å². The Bertz CT molecular complexity index is 692. The fourth-order valence-corrected chi connectivity index (χ4v) is 8.05. The van der Waals surface area contributed by atoms with E-state index in [1.807, 2.05) is 0 Å². The minimum atomic E-state index is -0.810. The van der Waals surface area contributed by atoms with E-state index in [1.165, 1.54) is 6.42 Å². The molecule has 0 bridgehead atoms. The summed E-state index contributed by atoms with van der Waals surface area (Å²) in [5.41, 5.74) is 8.82. The highest BCUT2D eigenvalue weighted by atomic mass is 17.3. The van der Waals surface area contributed by atoms with Crippen molar-refractivity contribution in [3.05, 3.63) is 10.4 Å². The summed E-state index contributed by atoms with van der Waals surface area (Å²) in [5, 5.41) is 14.6. The van der Waals surface area contributed by atoms with E-state index in [4.69, 9.17) is 25.1 Å². The molecule has 0 aromatic rings. The van der Waals surface area contributed by atoms with Gasteiger partial charge in [0, 0.05) is 16.7 Å². The third kappa shape index (κ3) is 2.80. The first-order valence-electron chi connectivity index (χ1n) is 11.3. The summed E-state index contributed by atoms with van der Waals surface area (Å²) >= 11 is 0. The van der Waals surface area contributed by atoms with Crippen LogP contribution in [0.5, 0.6) is 0 Å². The fraction of sp³-hybridized carbons (Fsp3) is 1.00. The average molecular weight is 408 g/mol. The van der Waals surface area contributed by atoms with E-state index < -0.39 is 11.9 Å². The zero-order valence-corrected chi connectivity index (χ0v) is 17.5. The molecule has 8 nitrogen and oxygen atoms in total. The van der Waals surface area contributed by atoms with Crippen LogP contribution in [0.15, 0.2) is 5.11 Å².